The standard InChI is InChI=1S/C19H18N4O2S/c1-20-18(25)14-7-5-13(6-8-14)11-22-17(24)10-15-12-26-19(23-15)16-4-2-3-9-21-16/h2-9,12H,10-11H2,1H3,(H,20,25)(H,22,24). The molecule has 132 valence electrons. The van der Waals surface area contributed by atoms with Gasteiger partial charge in [-0.2, -0.15) is 0 Å². The van der Waals surface area contributed by atoms with Crippen molar-refractivity contribution in [2.24, 2.45) is 0 Å². The molecule has 0 fully saturated rings. The van der Waals surface area contributed by atoms with Gasteiger partial charge in [0.15, 0.2) is 0 Å². The lowest BCUT2D eigenvalue weighted by Crippen LogP contribution is -2.24. The van der Waals surface area contributed by atoms with Crippen LogP contribution in [0, 0.1) is 0 Å². The van der Waals surface area contributed by atoms with Gasteiger partial charge in [0, 0.05) is 30.7 Å². The highest BCUT2D eigenvalue weighted by molar-refractivity contribution is 7.13. The van der Waals surface area contributed by atoms with Gasteiger partial charge in [0.2, 0.25) is 5.91 Å². The van der Waals surface area contributed by atoms with Crippen molar-refractivity contribution in [3.8, 4) is 10.7 Å². The van der Waals surface area contributed by atoms with Crippen molar-refractivity contribution in [3.05, 3.63) is 70.9 Å². The molecule has 3 aromatic rings. The van der Waals surface area contributed by atoms with Crippen LogP contribution in [0.5, 0.6) is 0 Å². The summed E-state index contributed by atoms with van der Waals surface area (Å²) >= 11 is 1.47. The molecule has 2 N–H and O–H groups in total. The van der Waals surface area contributed by atoms with E-state index in [1.165, 1.54) is 11.3 Å². The summed E-state index contributed by atoms with van der Waals surface area (Å²) in [6.07, 6.45) is 1.94. The second-order valence-electron chi connectivity index (χ2n) is 5.59. The van der Waals surface area contributed by atoms with E-state index < -0.39 is 0 Å². The largest absolute Gasteiger partial charge is 0.355 e. The second-order valence-corrected chi connectivity index (χ2v) is 6.45. The number of nitrogens with one attached hydrogen (secondary N) is 2. The maximum atomic E-state index is 12.1. The lowest BCUT2D eigenvalue weighted by atomic mass is 10.1. The summed E-state index contributed by atoms with van der Waals surface area (Å²) in [5.74, 6) is -0.230. The van der Waals surface area contributed by atoms with Crippen LogP contribution in [-0.4, -0.2) is 28.8 Å². The van der Waals surface area contributed by atoms with Gasteiger partial charge in [0.1, 0.15) is 5.01 Å². The first kappa shape index (κ1) is 17.8. The van der Waals surface area contributed by atoms with Crippen LogP contribution in [0.25, 0.3) is 10.7 Å². The molecule has 0 saturated carbocycles. The SMILES string of the molecule is CNC(=O)c1ccc(CNC(=O)Cc2csc(-c3ccccn3)n2)cc1. The molecule has 7 heteroatoms. The van der Waals surface area contributed by atoms with E-state index in [-0.39, 0.29) is 18.2 Å². The zero-order valence-electron chi connectivity index (χ0n) is 14.2. The van der Waals surface area contributed by atoms with Crippen LogP contribution in [0.1, 0.15) is 21.6 Å². The molecule has 3 rings (SSSR count). The first-order valence-electron chi connectivity index (χ1n) is 8.09. The van der Waals surface area contributed by atoms with Crippen LogP contribution >= 0.6 is 11.3 Å². The van der Waals surface area contributed by atoms with Gasteiger partial charge in [-0.1, -0.05) is 18.2 Å². The van der Waals surface area contributed by atoms with E-state index in [4.69, 9.17) is 0 Å². The second kappa shape index (κ2) is 8.35. The third-order valence-corrected chi connectivity index (χ3v) is 4.62. The minimum absolute atomic E-state index is 0.0988. The van der Waals surface area contributed by atoms with Gasteiger partial charge in [-0.15, -0.1) is 11.3 Å². The Morgan fingerprint density at radius 3 is 2.62 bits per heavy atom. The summed E-state index contributed by atoms with van der Waals surface area (Å²) in [5.41, 5.74) is 3.05. The predicted octanol–water partition coefficient (Wildman–Crippen LogP) is 2.42. The molecule has 0 unspecified atom stereocenters. The van der Waals surface area contributed by atoms with Crippen LogP contribution in [-0.2, 0) is 17.8 Å². The highest BCUT2D eigenvalue weighted by Crippen LogP contribution is 2.21. The van der Waals surface area contributed by atoms with Crippen LogP contribution in [0.2, 0.25) is 0 Å². The average Bonchev–Trinajstić information content (AvgIpc) is 3.15. The highest BCUT2D eigenvalue weighted by atomic mass is 32.1. The number of carbonyl (C=O) groups excluding carboxylic acids is 2. The molecule has 6 nitrogen and oxygen atoms in total. The maximum Gasteiger partial charge on any atom is 0.251 e. The van der Waals surface area contributed by atoms with Crippen molar-refractivity contribution >= 4 is 23.2 Å². The zero-order chi connectivity index (χ0) is 18.4. The number of aromatic nitrogens is 2. The molecule has 2 amide bonds. The van der Waals surface area contributed by atoms with Gasteiger partial charge in [0.25, 0.3) is 5.91 Å². The summed E-state index contributed by atoms with van der Waals surface area (Å²) in [5, 5.41) is 8.12. The fourth-order valence-corrected chi connectivity index (χ4v) is 3.14. The topological polar surface area (TPSA) is 84.0 Å². The molecule has 0 atom stereocenters. The summed E-state index contributed by atoms with van der Waals surface area (Å²) in [4.78, 5) is 32.4. The normalized spacial score (nSPS) is 10.3. The number of rotatable bonds is 6. The van der Waals surface area contributed by atoms with Crippen molar-refractivity contribution in [1.82, 2.24) is 20.6 Å². The number of benzene rings is 1. The molecule has 0 aliphatic rings. The lowest BCUT2D eigenvalue weighted by Gasteiger charge is -2.05. The fraction of sp³-hybridized carbons (Fsp3) is 0.158. The van der Waals surface area contributed by atoms with Gasteiger partial charge in [0.05, 0.1) is 17.8 Å². The number of hydrogen-bond acceptors (Lipinski definition) is 5. The van der Waals surface area contributed by atoms with E-state index in [0.717, 1.165) is 22.0 Å². The number of carbonyl (C=O) groups is 2. The molecule has 1 aromatic carbocycles. The zero-order valence-corrected chi connectivity index (χ0v) is 15.0. The van der Waals surface area contributed by atoms with E-state index in [1.807, 2.05) is 35.7 Å². The Morgan fingerprint density at radius 1 is 1.12 bits per heavy atom. The molecule has 0 radical (unpaired) electrons. The van der Waals surface area contributed by atoms with E-state index in [9.17, 15) is 9.59 Å². The van der Waals surface area contributed by atoms with Crippen molar-refractivity contribution < 1.29 is 9.59 Å². The summed E-state index contributed by atoms with van der Waals surface area (Å²) in [6.45, 7) is 0.407. The third-order valence-electron chi connectivity index (χ3n) is 3.71. The number of nitrogens with zero attached hydrogens (tertiary/aromatic N) is 2. The molecule has 0 saturated heterocycles. The van der Waals surface area contributed by atoms with E-state index in [2.05, 4.69) is 20.6 Å². The Bertz CT molecular complexity index is 891. The van der Waals surface area contributed by atoms with E-state index in [1.54, 1.807) is 25.4 Å². The molecule has 0 aliphatic carbocycles. The number of thiazole rings is 1. The molecular weight excluding hydrogens is 348 g/mol. The van der Waals surface area contributed by atoms with E-state index >= 15 is 0 Å². The maximum absolute atomic E-state index is 12.1. The van der Waals surface area contributed by atoms with Crippen molar-refractivity contribution in [3.63, 3.8) is 0 Å². The van der Waals surface area contributed by atoms with Gasteiger partial charge < -0.3 is 10.6 Å². The van der Waals surface area contributed by atoms with Gasteiger partial charge in [-0.25, -0.2) is 4.98 Å². The number of pyridine rings is 1. The molecule has 0 aliphatic heterocycles. The smallest absolute Gasteiger partial charge is 0.251 e. The van der Waals surface area contributed by atoms with Crippen molar-refractivity contribution in [2.75, 3.05) is 7.05 Å². The minimum atomic E-state index is -0.132. The highest BCUT2D eigenvalue weighted by Gasteiger charge is 2.10. The van der Waals surface area contributed by atoms with Crippen LogP contribution < -0.4 is 10.6 Å². The molecule has 26 heavy (non-hydrogen) atoms. The van der Waals surface area contributed by atoms with Crippen molar-refractivity contribution in [1.29, 1.82) is 0 Å². The van der Waals surface area contributed by atoms with Crippen molar-refractivity contribution in [2.45, 2.75) is 13.0 Å². The van der Waals surface area contributed by atoms with Gasteiger partial charge >= 0.3 is 0 Å². The molecule has 2 heterocycles. The van der Waals surface area contributed by atoms with E-state index in [0.29, 0.717) is 12.1 Å². The first-order chi connectivity index (χ1) is 12.7. The average molecular weight is 366 g/mol. The van der Waals surface area contributed by atoms with Crippen LogP contribution in [0.4, 0.5) is 0 Å². The Hall–Kier alpha value is -3.06. The summed E-state index contributed by atoms with van der Waals surface area (Å²) in [6, 6.07) is 12.8. The number of hydrogen-bond donors (Lipinski definition) is 2. The Morgan fingerprint density at radius 2 is 1.92 bits per heavy atom. The Balaban J connectivity index is 1.53. The summed E-state index contributed by atoms with van der Waals surface area (Å²) in [7, 11) is 1.59. The Labute approximate surface area is 155 Å². The lowest BCUT2D eigenvalue weighted by molar-refractivity contribution is -0.120. The molecule has 2 aromatic heterocycles. The van der Waals surface area contributed by atoms with Crippen LogP contribution in [0.15, 0.2) is 54.0 Å². The third kappa shape index (κ3) is 4.52. The predicted molar refractivity (Wildman–Crippen MR) is 101 cm³/mol. The van der Waals surface area contributed by atoms with Crippen LogP contribution in [0.3, 0.4) is 0 Å². The quantitative estimate of drug-likeness (QED) is 0.702. The molecule has 0 bridgehead atoms. The first-order valence-corrected chi connectivity index (χ1v) is 8.97. The summed E-state index contributed by atoms with van der Waals surface area (Å²) < 4.78 is 0. The Kier molecular flexibility index (Phi) is 5.70. The van der Waals surface area contributed by atoms with Gasteiger partial charge in [-0.3, -0.25) is 14.6 Å². The number of amides is 2. The minimum Gasteiger partial charge on any atom is -0.355 e. The molecule has 0 spiro atoms. The fourth-order valence-electron chi connectivity index (χ4n) is 2.34. The molecular formula is C19H18N4O2S. The van der Waals surface area contributed by atoms with Gasteiger partial charge in [-0.05, 0) is 29.8 Å². The monoisotopic (exact) mass is 366 g/mol.